The average molecular weight is 295 g/mol. The van der Waals surface area contributed by atoms with Gasteiger partial charge in [-0.1, -0.05) is 0 Å². The Balaban J connectivity index is 0.000000171. The van der Waals surface area contributed by atoms with E-state index in [9.17, 15) is 19.2 Å². The quantitative estimate of drug-likeness (QED) is 0.630. The number of allylic oxidation sites excluding steroid dienone is 8. The van der Waals surface area contributed by atoms with Crippen molar-refractivity contribution >= 4 is 39.1 Å². The molecule has 0 unspecified atom stereocenters. The Kier molecular flexibility index (Phi) is 4.66. The molecule has 0 aromatic carbocycles. The molecule has 0 radical (unpaired) electrons. The Hall–Kier alpha value is -1.88. The first-order valence-corrected chi connectivity index (χ1v) is 5.36. The van der Waals surface area contributed by atoms with Crippen LogP contribution in [-0.2, 0) is 19.2 Å². The van der Waals surface area contributed by atoms with Crippen LogP contribution >= 0.6 is 15.9 Å². The van der Waals surface area contributed by atoms with E-state index in [0.717, 1.165) is 0 Å². The maximum Gasteiger partial charge on any atom is 0.193 e. The van der Waals surface area contributed by atoms with Crippen LogP contribution in [0.2, 0.25) is 0 Å². The van der Waals surface area contributed by atoms with Gasteiger partial charge in [0.2, 0.25) is 0 Å². The first-order chi connectivity index (χ1) is 7.99. The molecule has 0 saturated heterocycles. The smallest absolute Gasteiger partial charge is 0.193 e. The minimum absolute atomic E-state index is 0.121. The topological polar surface area (TPSA) is 68.3 Å². The highest BCUT2D eigenvalue weighted by molar-refractivity contribution is 9.12. The fourth-order valence-electron chi connectivity index (χ4n) is 0.921. The zero-order valence-electron chi connectivity index (χ0n) is 8.55. The summed E-state index contributed by atoms with van der Waals surface area (Å²) in [6.45, 7) is 0. The van der Waals surface area contributed by atoms with Crippen molar-refractivity contribution in [2.24, 2.45) is 0 Å². The van der Waals surface area contributed by atoms with Crippen molar-refractivity contribution < 1.29 is 19.2 Å². The summed E-state index contributed by atoms with van der Waals surface area (Å²) in [4.78, 5) is 41.6. The third kappa shape index (κ3) is 4.65. The molecule has 0 amide bonds. The van der Waals surface area contributed by atoms with Crippen LogP contribution in [0.1, 0.15) is 0 Å². The van der Waals surface area contributed by atoms with Crippen LogP contribution in [0.5, 0.6) is 0 Å². The minimum atomic E-state index is -0.158. The van der Waals surface area contributed by atoms with Crippen LogP contribution in [0.4, 0.5) is 0 Å². The molecule has 2 aliphatic rings. The number of halogens is 1. The molecule has 2 aliphatic carbocycles. The van der Waals surface area contributed by atoms with E-state index in [1.54, 1.807) is 0 Å². The van der Waals surface area contributed by atoms with Crippen molar-refractivity contribution in [2.45, 2.75) is 0 Å². The number of hydrogen-bond acceptors (Lipinski definition) is 4. The molecule has 0 fully saturated rings. The van der Waals surface area contributed by atoms with Crippen LogP contribution < -0.4 is 0 Å². The zero-order chi connectivity index (χ0) is 12.8. The second-order valence-corrected chi connectivity index (χ2v) is 3.92. The van der Waals surface area contributed by atoms with E-state index in [1.165, 1.54) is 42.5 Å². The van der Waals surface area contributed by atoms with Gasteiger partial charge in [-0.05, 0) is 52.4 Å². The van der Waals surface area contributed by atoms with E-state index in [4.69, 9.17) is 0 Å². The molecule has 0 spiro atoms. The highest BCUT2D eigenvalue weighted by Crippen LogP contribution is 2.10. The molecule has 0 atom stereocenters. The van der Waals surface area contributed by atoms with Gasteiger partial charge in [-0.3, -0.25) is 19.2 Å². The predicted molar refractivity (Wildman–Crippen MR) is 64.5 cm³/mol. The van der Waals surface area contributed by atoms with E-state index in [1.807, 2.05) is 0 Å². The van der Waals surface area contributed by atoms with Crippen LogP contribution in [0.3, 0.4) is 0 Å². The lowest BCUT2D eigenvalue weighted by Gasteiger charge is -1.95. The molecule has 0 saturated carbocycles. The van der Waals surface area contributed by atoms with Gasteiger partial charge in [0.25, 0.3) is 0 Å². The summed E-state index contributed by atoms with van der Waals surface area (Å²) in [5, 5.41) is 0. The Morgan fingerprint density at radius 1 is 0.647 bits per heavy atom. The minimum Gasteiger partial charge on any atom is -0.290 e. The van der Waals surface area contributed by atoms with Crippen molar-refractivity contribution in [3.8, 4) is 0 Å². The molecule has 4 nitrogen and oxygen atoms in total. The zero-order valence-corrected chi connectivity index (χ0v) is 10.1. The Morgan fingerprint density at radius 2 is 1.06 bits per heavy atom. The van der Waals surface area contributed by atoms with Gasteiger partial charge in [0.15, 0.2) is 23.1 Å². The maximum atomic E-state index is 10.6. The molecule has 0 bridgehead atoms. The first kappa shape index (κ1) is 13.2. The number of carbonyl (C=O) groups excluding carboxylic acids is 4. The highest BCUT2D eigenvalue weighted by Gasteiger charge is 2.08. The SMILES string of the molecule is O=C1C=CC(=O)C(Br)=C1.O=C1C=CC(=O)C=C1. The Bertz CT molecular complexity index is 469. The summed E-state index contributed by atoms with van der Waals surface area (Å²) in [7, 11) is 0. The van der Waals surface area contributed by atoms with E-state index < -0.39 is 0 Å². The van der Waals surface area contributed by atoms with Gasteiger partial charge in [0.1, 0.15) is 0 Å². The number of rotatable bonds is 0. The number of carbonyl (C=O) groups is 4. The molecular formula is C12H7BrO4. The average Bonchev–Trinajstić information content (AvgIpc) is 2.29. The summed E-state index contributed by atoms with van der Waals surface area (Å²) in [5.74, 6) is -0.551. The van der Waals surface area contributed by atoms with Crippen molar-refractivity contribution in [1.82, 2.24) is 0 Å². The maximum absolute atomic E-state index is 10.6. The van der Waals surface area contributed by atoms with Crippen LogP contribution in [0.25, 0.3) is 0 Å². The van der Waals surface area contributed by atoms with E-state index in [2.05, 4.69) is 15.9 Å². The third-order valence-electron chi connectivity index (χ3n) is 1.73. The molecule has 2 rings (SSSR count). The van der Waals surface area contributed by atoms with E-state index in [0.29, 0.717) is 4.48 Å². The summed E-state index contributed by atoms with van der Waals surface area (Å²) in [6, 6.07) is 0. The Morgan fingerprint density at radius 3 is 1.41 bits per heavy atom. The fourth-order valence-corrected chi connectivity index (χ4v) is 1.28. The van der Waals surface area contributed by atoms with Crippen molar-refractivity contribution in [1.29, 1.82) is 0 Å². The van der Waals surface area contributed by atoms with Crippen molar-refractivity contribution in [3.63, 3.8) is 0 Å². The van der Waals surface area contributed by atoms with Gasteiger partial charge in [-0.2, -0.15) is 0 Å². The molecule has 0 aromatic rings. The summed E-state index contributed by atoms with van der Waals surface area (Å²) in [6.07, 6.45) is 8.75. The van der Waals surface area contributed by atoms with Crippen LogP contribution in [0.15, 0.2) is 47.0 Å². The monoisotopic (exact) mass is 294 g/mol. The van der Waals surface area contributed by atoms with Gasteiger partial charge >= 0.3 is 0 Å². The number of ketones is 4. The standard InChI is InChI=1S/C6H3BrO2.C6H4O2/c7-5-3-4(8)1-2-6(5)9;7-5-1-2-6(8)4-3-5/h1-3H;1-4H. The molecule has 0 N–H and O–H groups in total. The van der Waals surface area contributed by atoms with Crippen molar-refractivity contribution in [2.75, 3.05) is 0 Å². The Labute approximate surface area is 106 Å². The van der Waals surface area contributed by atoms with Gasteiger partial charge in [0.05, 0.1) is 4.48 Å². The normalized spacial score (nSPS) is 17.8. The second kappa shape index (κ2) is 6.00. The molecular weight excluding hydrogens is 288 g/mol. The van der Waals surface area contributed by atoms with Crippen LogP contribution in [-0.4, -0.2) is 23.1 Å². The predicted octanol–water partition coefficient (Wildman–Crippen LogP) is 1.22. The lowest BCUT2D eigenvalue weighted by Crippen LogP contribution is -2.01. The molecule has 0 aromatic heterocycles. The molecule has 0 heterocycles. The highest BCUT2D eigenvalue weighted by atomic mass is 79.9. The van der Waals surface area contributed by atoms with Gasteiger partial charge in [-0.15, -0.1) is 0 Å². The first-order valence-electron chi connectivity index (χ1n) is 4.56. The lowest BCUT2D eigenvalue weighted by atomic mass is 10.2. The fraction of sp³-hybridized carbons (Fsp3) is 0. The van der Waals surface area contributed by atoms with E-state index in [-0.39, 0.29) is 23.1 Å². The summed E-state index contributed by atoms with van der Waals surface area (Å²) in [5.41, 5.74) is 0. The molecule has 17 heavy (non-hydrogen) atoms. The summed E-state index contributed by atoms with van der Waals surface area (Å²) < 4.78 is 0.329. The van der Waals surface area contributed by atoms with Crippen LogP contribution in [0, 0.1) is 0 Å². The van der Waals surface area contributed by atoms with E-state index >= 15 is 0 Å². The largest absolute Gasteiger partial charge is 0.290 e. The lowest BCUT2D eigenvalue weighted by molar-refractivity contribution is -0.114. The number of hydrogen-bond donors (Lipinski definition) is 0. The second-order valence-electron chi connectivity index (χ2n) is 3.06. The molecule has 86 valence electrons. The van der Waals surface area contributed by atoms with Gasteiger partial charge < -0.3 is 0 Å². The van der Waals surface area contributed by atoms with Gasteiger partial charge in [0, 0.05) is 6.08 Å². The third-order valence-corrected chi connectivity index (χ3v) is 2.35. The molecule has 0 aliphatic heterocycles. The molecule has 5 heteroatoms. The summed E-state index contributed by atoms with van der Waals surface area (Å²) >= 11 is 2.93. The van der Waals surface area contributed by atoms with Gasteiger partial charge in [-0.25, -0.2) is 0 Å². The van der Waals surface area contributed by atoms with Crippen molar-refractivity contribution in [3.05, 3.63) is 47.0 Å².